The Balaban J connectivity index is 1.74. The molecule has 1 fully saturated rings. The van der Waals surface area contributed by atoms with Crippen LogP contribution >= 0.6 is 0 Å². The number of benzene rings is 3. The van der Waals surface area contributed by atoms with Gasteiger partial charge in [-0.15, -0.1) is 0 Å². The van der Waals surface area contributed by atoms with Crippen LogP contribution in [0.5, 0.6) is 5.75 Å². The minimum Gasteiger partial charge on any atom is -0.495 e. The monoisotopic (exact) mass is 605 g/mol. The number of methoxy groups -OCH3 is 1. The number of hydrogen-bond donors (Lipinski definition) is 1. The molecule has 1 atom stereocenters. The van der Waals surface area contributed by atoms with Gasteiger partial charge in [-0.25, -0.2) is 8.42 Å². The fourth-order valence-corrected chi connectivity index (χ4v) is 6.88. The van der Waals surface area contributed by atoms with Gasteiger partial charge in [0, 0.05) is 12.6 Å². The standard InChI is InChI=1S/C34H43N3O5S/c1-24-15-18-30(19-16-24)43(40,41)37(31-21-25(2)17-20-32(31)42-5)23-33(38)36(22-28-12-10-9-11-26(28)3)27(4)34(39)35-29-13-7-6-8-14-29/h9-12,15-21,27,29H,6-8,13-14,22-23H2,1-5H3,(H,35,39). The normalized spacial score (nSPS) is 14.5. The first-order valence-corrected chi connectivity index (χ1v) is 16.3. The third-order valence-corrected chi connectivity index (χ3v) is 9.99. The largest absolute Gasteiger partial charge is 0.495 e. The maximum Gasteiger partial charge on any atom is 0.264 e. The maximum absolute atomic E-state index is 14.3. The molecule has 0 aliphatic heterocycles. The number of anilines is 1. The van der Waals surface area contributed by atoms with Crippen molar-refractivity contribution in [3.63, 3.8) is 0 Å². The topological polar surface area (TPSA) is 96.0 Å². The van der Waals surface area contributed by atoms with Gasteiger partial charge >= 0.3 is 0 Å². The molecule has 0 bridgehead atoms. The van der Waals surface area contributed by atoms with Gasteiger partial charge in [-0.2, -0.15) is 0 Å². The van der Waals surface area contributed by atoms with Gasteiger partial charge in [-0.05, 0) is 81.5 Å². The predicted molar refractivity (Wildman–Crippen MR) is 170 cm³/mol. The van der Waals surface area contributed by atoms with Crippen LogP contribution in [-0.2, 0) is 26.2 Å². The number of sulfonamides is 1. The van der Waals surface area contributed by atoms with Crippen molar-refractivity contribution in [1.29, 1.82) is 0 Å². The summed E-state index contributed by atoms with van der Waals surface area (Å²) in [5.74, 6) is -0.411. The summed E-state index contributed by atoms with van der Waals surface area (Å²) in [5.41, 5.74) is 3.84. The summed E-state index contributed by atoms with van der Waals surface area (Å²) in [5, 5.41) is 3.14. The van der Waals surface area contributed by atoms with Crippen LogP contribution in [0.25, 0.3) is 0 Å². The Morgan fingerprint density at radius 2 is 1.58 bits per heavy atom. The van der Waals surface area contributed by atoms with E-state index in [1.165, 1.54) is 24.1 Å². The van der Waals surface area contributed by atoms with Crippen molar-refractivity contribution in [2.45, 2.75) is 83.3 Å². The first kappa shape index (κ1) is 32.1. The molecule has 1 aliphatic carbocycles. The Bertz CT molecular complexity index is 1530. The smallest absolute Gasteiger partial charge is 0.264 e. The average molecular weight is 606 g/mol. The van der Waals surface area contributed by atoms with E-state index in [0.717, 1.165) is 58.7 Å². The number of carbonyl (C=O) groups excluding carboxylic acids is 2. The van der Waals surface area contributed by atoms with Crippen LogP contribution in [0.4, 0.5) is 5.69 Å². The zero-order valence-corrected chi connectivity index (χ0v) is 26.6. The zero-order valence-electron chi connectivity index (χ0n) is 25.8. The molecule has 4 rings (SSSR count). The summed E-state index contributed by atoms with van der Waals surface area (Å²) in [6.07, 6.45) is 5.12. The van der Waals surface area contributed by atoms with Gasteiger partial charge in [0.2, 0.25) is 11.8 Å². The summed E-state index contributed by atoms with van der Waals surface area (Å²) in [6, 6.07) is 18.7. The molecule has 1 N–H and O–H groups in total. The molecule has 0 saturated heterocycles. The molecule has 1 saturated carbocycles. The fourth-order valence-electron chi connectivity index (χ4n) is 5.47. The number of aryl methyl sites for hydroxylation is 3. The third-order valence-electron chi connectivity index (χ3n) is 8.21. The third kappa shape index (κ3) is 7.76. The molecule has 8 nitrogen and oxygen atoms in total. The first-order valence-electron chi connectivity index (χ1n) is 14.9. The highest BCUT2D eigenvalue weighted by Gasteiger charge is 2.34. The maximum atomic E-state index is 14.3. The molecule has 1 unspecified atom stereocenters. The highest BCUT2D eigenvalue weighted by molar-refractivity contribution is 7.92. The molecular formula is C34H43N3O5S. The van der Waals surface area contributed by atoms with E-state index in [4.69, 9.17) is 4.74 Å². The highest BCUT2D eigenvalue weighted by atomic mass is 32.2. The number of rotatable bonds is 11. The molecular weight excluding hydrogens is 562 g/mol. The van der Waals surface area contributed by atoms with E-state index in [1.807, 2.05) is 51.1 Å². The van der Waals surface area contributed by atoms with Crippen LogP contribution in [0.2, 0.25) is 0 Å². The quantitative estimate of drug-likeness (QED) is 0.303. The Morgan fingerprint density at radius 1 is 0.930 bits per heavy atom. The molecule has 230 valence electrons. The van der Waals surface area contributed by atoms with Crippen molar-refractivity contribution in [1.82, 2.24) is 10.2 Å². The van der Waals surface area contributed by atoms with Gasteiger partial charge < -0.3 is 15.0 Å². The molecule has 0 heterocycles. The second-order valence-electron chi connectivity index (χ2n) is 11.5. The van der Waals surface area contributed by atoms with Crippen molar-refractivity contribution in [2.75, 3.05) is 18.0 Å². The number of ether oxygens (including phenoxy) is 1. The minimum absolute atomic E-state index is 0.0583. The van der Waals surface area contributed by atoms with E-state index in [2.05, 4.69) is 5.32 Å². The van der Waals surface area contributed by atoms with Gasteiger partial charge in [0.05, 0.1) is 17.7 Å². The van der Waals surface area contributed by atoms with Crippen molar-refractivity contribution in [2.24, 2.45) is 0 Å². The average Bonchev–Trinajstić information content (AvgIpc) is 2.99. The van der Waals surface area contributed by atoms with Crippen LogP contribution in [-0.4, -0.2) is 50.9 Å². The zero-order chi connectivity index (χ0) is 31.1. The summed E-state index contributed by atoms with van der Waals surface area (Å²) in [6.45, 7) is 7.04. The van der Waals surface area contributed by atoms with Crippen LogP contribution in [0.15, 0.2) is 71.6 Å². The second-order valence-corrected chi connectivity index (χ2v) is 13.3. The second kappa shape index (κ2) is 14.1. The number of carbonyl (C=O) groups is 2. The number of amides is 2. The summed E-state index contributed by atoms with van der Waals surface area (Å²) in [4.78, 5) is 29.4. The van der Waals surface area contributed by atoms with Gasteiger partial charge in [0.15, 0.2) is 0 Å². The van der Waals surface area contributed by atoms with Crippen molar-refractivity contribution >= 4 is 27.5 Å². The summed E-state index contributed by atoms with van der Waals surface area (Å²) >= 11 is 0. The van der Waals surface area contributed by atoms with Crippen LogP contribution in [0.1, 0.15) is 61.3 Å². The van der Waals surface area contributed by atoms with Gasteiger partial charge in [-0.1, -0.05) is 67.3 Å². The molecule has 9 heteroatoms. The van der Waals surface area contributed by atoms with Crippen LogP contribution in [0, 0.1) is 20.8 Å². The molecule has 1 aliphatic rings. The number of nitrogens with zero attached hydrogens (tertiary/aromatic N) is 2. The lowest BCUT2D eigenvalue weighted by molar-refractivity contribution is -0.139. The Hall–Kier alpha value is -3.85. The molecule has 0 radical (unpaired) electrons. The fraction of sp³-hybridized carbons (Fsp3) is 0.412. The van der Waals surface area contributed by atoms with Gasteiger partial charge in [0.1, 0.15) is 18.3 Å². The highest BCUT2D eigenvalue weighted by Crippen LogP contribution is 2.34. The Morgan fingerprint density at radius 3 is 2.23 bits per heavy atom. The predicted octanol–water partition coefficient (Wildman–Crippen LogP) is 5.68. The SMILES string of the molecule is COc1ccc(C)cc1N(CC(=O)N(Cc1ccccc1C)C(C)C(=O)NC1CCCCC1)S(=O)(=O)c1ccc(C)cc1. The number of hydrogen-bond acceptors (Lipinski definition) is 5. The van der Waals surface area contributed by atoms with E-state index in [1.54, 1.807) is 31.2 Å². The summed E-state index contributed by atoms with van der Waals surface area (Å²) in [7, 11) is -2.73. The van der Waals surface area contributed by atoms with E-state index in [0.29, 0.717) is 5.75 Å². The van der Waals surface area contributed by atoms with Gasteiger partial charge in [0.25, 0.3) is 10.0 Å². The van der Waals surface area contributed by atoms with Crippen LogP contribution < -0.4 is 14.4 Å². The van der Waals surface area contributed by atoms with Gasteiger partial charge in [-0.3, -0.25) is 13.9 Å². The lowest BCUT2D eigenvalue weighted by atomic mass is 9.95. The first-order chi connectivity index (χ1) is 20.5. The lowest BCUT2D eigenvalue weighted by Gasteiger charge is -2.34. The van der Waals surface area contributed by atoms with E-state index >= 15 is 0 Å². The number of nitrogens with one attached hydrogen (secondary N) is 1. The van der Waals surface area contributed by atoms with E-state index in [9.17, 15) is 18.0 Å². The van der Waals surface area contributed by atoms with Crippen molar-refractivity contribution < 1.29 is 22.7 Å². The van der Waals surface area contributed by atoms with E-state index < -0.39 is 28.5 Å². The Kier molecular flexibility index (Phi) is 10.5. The molecule has 0 aromatic heterocycles. The minimum atomic E-state index is -4.19. The molecule has 0 spiro atoms. The molecule has 3 aromatic carbocycles. The Labute approximate surface area is 256 Å². The summed E-state index contributed by atoms with van der Waals surface area (Å²) < 4.78 is 35.0. The van der Waals surface area contributed by atoms with Crippen LogP contribution in [0.3, 0.4) is 0 Å². The molecule has 2 amide bonds. The van der Waals surface area contributed by atoms with E-state index in [-0.39, 0.29) is 29.1 Å². The lowest BCUT2D eigenvalue weighted by Crippen LogP contribution is -2.53. The van der Waals surface area contributed by atoms with Crippen molar-refractivity contribution in [3.8, 4) is 5.75 Å². The van der Waals surface area contributed by atoms with Crippen molar-refractivity contribution in [3.05, 3.63) is 89.0 Å². The molecule has 43 heavy (non-hydrogen) atoms. The molecule has 3 aromatic rings.